The maximum atomic E-state index is 2.66. The number of benzene rings is 1. The minimum atomic E-state index is 0.533. The largest absolute Gasteiger partial charge is 0.299 e. The van der Waals surface area contributed by atoms with Gasteiger partial charge in [0.15, 0.2) is 0 Å². The summed E-state index contributed by atoms with van der Waals surface area (Å²) >= 11 is 0. The lowest BCUT2D eigenvalue weighted by molar-refractivity contribution is 0.152. The molecule has 1 heterocycles. The summed E-state index contributed by atoms with van der Waals surface area (Å²) in [6.45, 7) is 5.96. The van der Waals surface area contributed by atoms with Gasteiger partial charge in [-0.15, -0.1) is 0 Å². The average molecular weight is 265 g/mol. The third-order valence-electron chi connectivity index (χ3n) is 5.47. The standard InChI is InChI=1S/C19H23N/c1-15-6-7-16(12-15)14-20-10-8-19(9-11-20)13-17-4-2-3-5-18(17)19/h2-7H,8-14H2,1H3. The number of hydrogen-bond donors (Lipinski definition) is 0. The second-order valence-corrected chi connectivity index (χ2v) is 6.91. The van der Waals surface area contributed by atoms with Crippen LogP contribution in [0.25, 0.3) is 0 Å². The van der Waals surface area contributed by atoms with E-state index in [2.05, 4.69) is 48.2 Å². The summed E-state index contributed by atoms with van der Waals surface area (Å²) in [7, 11) is 0. The molecule has 1 aliphatic heterocycles. The lowest BCUT2D eigenvalue weighted by Crippen LogP contribution is -2.49. The van der Waals surface area contributed by atoms with Gasteiger partial charge in [-0.3, -0.25) is 4.90 Å². The Balaban J connectivity index is 1.38. The summed E-state index contributed by atoms with van der Waals surface area (Å²) in [5, 5.41) is 0. The number of piperidine rings is 1. The molecule has 1 spiro atoms. The third kappa shape index (κ3) is 1.96. The molecule has 0 aromatic heterocycles. The van der Waals surface area contributed by atoms with E-state index in [4.69, 9.17) is 0 Å². The van der Waals surface area contributed by atoms with Gasteiger partial charge < -0.3 is 0 Å². The zero-order valence-corrected chi connectivity index (χ0v) is 12.4. The van der Waals surface area contributed by atoms with Crippen molar-refractivity contribution in [3.05, 3.63) is 58.7 Å². The monoisotopic (exact) mass is 265 g/mol. The molecule has 1 nitrogen and oxygen atoms in total. The maximum Gasteiger partial charge on any atom is 0.0199 e. The van der Waals surface area contributed by atoms with Crippen molar-refractivity contribution in [1.82, 2.24) is 4.90 Å². The van der Waals surface area contributed by atoms with E-state index in [0.717, 1.165) is 0 Å². The third-order valence-corrected chi connectivity index (χ3v) is 5.47. The van der Waals surface area contributed by atoms with Crippen LogP contribution in [0.2, 0.25) is 0 Å². The van der Waals surface area contributed by atoms with Crippen LogP contribution in [0.3, 0.4) is 0 Å². The molecule has 1 aromatic carbocycles. The molecule has 0 unspecified atom stereocenters. The average Bonchev–Trinajstić information content (AvgIpc) is 2.85. The van der Waals surface area contributed by atoms with Crippen LogP contribution in [0, 0.1) is 0 Å². The van der Waals surface area contributed by atoms with Gasteiger partial charge >= 0.3 is 0 Å². The maximum absolute atomic E-state index is 2.66. The molecule has 1 fully saturated rings. The van der Waals surface area contributed by atoms with E-state index >= 15 is 0 Å². The van der Waals surface area contributed by atoms with Gasteiger partial charge in [-0.25, -0.2) is 0 Å². The van der Waals surface area contributed by atoms with Crippen LogP contribution in [0.5, 0.6) is 0 Å². The highest BCUT2D eigenvalue weighted by atomic mass is 15.1. The van der Waals surface area contributed by atoms with Gasteiger partial charge in [-0.05, 0) is 56.8 Å². The number of nitrogens with zero attached hydrogens (tertiary/aromatic N) is 1. The van der Waals surface area contributed by atoms with Crippen molar-refractivity contribution in [2.45, 2.75) is 38.0 Å². The SMILES string of the molecule is CC1=CC=C(CN2CCC3(CC2)Cc2ccccc23)C1. The highest BCUT2D eigenvalue weighted by Gasteiger charge is 2.44. The first-order valence-corrected chi connectivity index (χ1v) is 7.91. The van der Waals surface area contributed by atoms with E-state index < -0.39 is 0 Å². The highest BCUT2D eigenvalue weighted by molar-refractivity contribution is 5.45. The molecule has 3 aliphatic rings. The van der Waals surface area contributed by atoms with Crippen LogP contribution in [0.4, 0.5) is 0 Å². The Hall–Kier alpha value is -1.34. The van der Waals surface area contributed by atoms with Crippen LogP contribution in [0.1, 0.15) is 37.3 Å². The molecule has 0 bridgehead atoms. The van der Waals surface area contributed by atoms with Crippen molar-refractivity contribution in [2.24, 2.45) is 0 Å². The van der Waals surface area contributed by atoms with Gasteiger partial charge in [-0.2, -0.15) is 0 Å². The molecular formula is C19H23N. The molecule has 0 radical (unpaired) electrons. The molecule has 4 rings (SSSR count). The van der Waals surface area contributed by atoms with Gasteiger partial charge in [0, 0.05) is 12.0 Å². The molecule has 0 atom stereocenters. The Labute approximate surface area is 122 Å². The second-order valence-electron chi connectivity index (χ2n) is 6.91. The Morgan fingerprint density at radius 3 is 2.60 bits per heavy atom. The van der Waals surface area contributed by atoms with Crippen molar-refractivity contribution >= 4 is 0 Å². The van der Waals surface area contributed by atoms with E-state index in [9.17, 15) is 0 Å². The minimum absolute atomic E-state index is 0.533. The summed E-state index contributed by atoms with van der Waals surface area (Å²) in [6.07, 6.45) is 9.83. The topological polar surface area (TPSA) is 3.24 Å². The lowest BCUT2D eigenvalue weighted by atomic mass is 9.59. The molecular weight excluding hydrogens is 242 g/mol. The fraction of sp³-hybridized carbons (Fsp3) is 0.474. The Morgan fingerprint density at radius 1 is 1.10 bits per heavy atom. The van der Waals surface area contributed by atoms with E-state index in [1.807, 2.05) is 0 Å². The summed E-state index contributed by atoms with van der Waals surface area (Å²) < 4.78 is 0. The number of rotatable bonds is 2. The van der Waals surface area contributed by atoms with Crippen LogP contribution in [0.15, 0.2) is 47.6 Å². The molecule has 0 amide bonds. The van der Waals surface area contributed by atoms with Crippen molar-refractivity contribution < 1.29 is 0 Å². The van der Waals surface area contributed by atoms with E-state index in [1.165, 1.54) is 50.9 Å². The first-order valence-electron chi connectivity index (χ1n) is 7.91. The summed E-state index contributed by atoms with van der Waals surface area (Å²) in [6, 6.07) is 9.07. The number of likely N-dealkylation sites (tertiary alicyclic amines) is 1. The minimum Gasteiger partial charge on any atom is -0.299 e. The van der Waals surface area contributed by atoms with Gasteiger partial charge in [-0.1, -0.05) is 47.6 Å². The Bertz CT molecular complexity index is 586. The number of hydrogen-bond acceptors (Lipinski definition) is 1. The molecule has 20 heavy (non-hydrogen) atoms. The highest BCUT2D eigenvalue weighted by Crippen LogP contribution is 2.48. The normalized spacial score (nSPS) is 24.1. The van der Waals surface area contributed by atoms with Crippen LogP contribution >= 0.6 is 0 Å². The summed E-state index contributed by atoms with van der Waals surface area (Å²) in [5.41, 5.74) is 6.90. The van der Waals surface area contributed by atoms with Crippen molar-refractivity contribution in [2.75, 3.05) is 19.6 Å². The quantitative estimate of drug-likeness (QED) is 0.785. The first-order chi connectivity index (χ1) is 9.75. The summed E-state index contributed by atoms with van der Waals surface area (Å²) in [4.78, 5) is 2.66. The zero-order valence-electron chi connectivity index (χ0n) is 12.4. The fourth-order valence-electron chi connectivity index (χ4n) is 4.26. The fourth-order valence-corrected chi connectivity index (χ4v) is 4.26. The Kier molecular flexibility index (Phi) is 2.85. The van der Waals surface area contributed by atoms with E-state index in [0.29, 0.717) is 5.41 Å². The Morgan fingerprint density at radius 2 is 1.90 bits per heavy atom. The smallest absolute Gasteiger partial charge is 0.0199 e. The van der Waals surface area contributed by atoms with E-state index in [-0.39, 0.29) is 0 Å². The van der Waals surface area contributed by atoms with Crippen molar-refractivity contribution in [3.8, 4) is 0 Å². The van der Waals surface area contributed by atoms with Crippen molar-refractivity contribution in [1.29, 1.82) is 0 Å². The first kappa shape index (κ1) is 12.4. The molecule has 2 aliphatic carbocycles. The van der Waals surface area contributed by atoms with E-state index in [1.54, 1.807) is 16.7 Å². The van der Waals surface area contributed by atoms with Gasteiger partial charge in [0.2, 0.25) is 0 Å². The summed E-state index contributed by atoms with van der Waals surface area (Å²) in [5.74, 6) is 0. The van der Waals surface area contributed by atoms with Crippen LogP contribution in [-0.4, -0.2) is 24.5 Å². The number of fused-ring (bicyclic) bond motifs is 2. The number of allylic oxidation sites excluding steroid dienone is 3. The van der Waals surface area contributed by atoms with Crippen LogP contribution < -0.4 is 0 Å². The second kappa shape index (κ2) is 4.60. The predicted molar refractivity (Wildman–Crippen MR) is 84.0 cm³/mol. The predicted octanol–water partition coefficient (Wildman–Crippen LogP) is 3.85. The zero-order chi connectivity index (χ0) is 13.6. The molecule has 1 heteroatoms. The van der Waals surface area contributed by atoms with Crippen molar-refractivity contribution in [3.63, 3.8) is 0 Å². The van der Waals surface area contributed by atoms with Gasteiger partial charge in [0.1, 0.15) is 0 Å². The molecule has 0 saturated carbocycles. The lowest BCUT2D eigenvalue weighted by Gasteiger charge is -2.49. The molecule has 1 aromatic rings. The molecule has 0 N–H and O–H groups in total. The van der Waals surface area contributed by atoms with Gasteiger partial charge in [0.25, 0.3) is 0 Å². The molecule has 1 saturated heterocycles. The van der Waals surface area contributed by atoms with Gasteiger partial charge in [0.05, 0.1) is 0 Å². The molecule has 104 valence electrons. The van der Waals surface area contributed by atoms with Crippen LogP contribution in [-0.2, 0) is 11.8 Å².